The van der Waals surface area contributed by atoms with Crippen LogP contribution in [0.5, 0.6) is 0 Å². The lowest BCUT2D eigenvalue weighted by atomic mass is 10.2. The summed E-state index contributed by atoms with van der Waals surface area (Å²) in [5, 5.41) is 6.02. The zero-order chi connectivity index (χ0) is 17.8. The normalized spacial score (nSPS) is 20.1. The quantitative estimate of drug-likeness (QED) is 0.814. The highest BCUT2D eigenvalue weighted by atomic mass is 16.2. The van der Waals surface area contributed by atoms with Crippen molar-refractivity contribution in [3.63, 3.8) is 0 Å². The van der Waals surface area contributed by atoms with Gasteiger partial charge in [0.15, 0.2) is 0 Å². The Balaban J connectivity index is 1.43. The molecule has 2 fully saturated rings. The van der Waals surface area contributed by atoms with Crippen molar-refractivity contribution in [2.45, 2.75) is 38.8 Å². The van der Waals surface area contributed by atoms with Crippen LogP contribution in [0.15, 0.2) is 24.3 Å². The SMILES string of the molecule is Cc1cccc(NC(=O)[C@H](C)N2CCN(CC(=O)NC3CC3)CC2)c1. The lowest BCUT2D eigenvalue weighted by Gasteiger charge is -2.37. The van der Waals surface area contributed by atoms with E-state index in [-0.39, 0.29) is 17.9 Å². The van der Waals surface area contributed by atoms with Crippen LogP contribution in [0.3, 0.4) is 0 Å². The lowest BCUT2D eigenvalue weighted by Crippen LogP contribution is -2.54. The molecule has 0 aromatic heterocycles. The molecule has 2 aliphatic rings. The zero-order valence-electron chi connectivity index (χ0n) is 15.1. The molecule has 1 saturated carbocycles. The average molecular weight is 344 g/mol. The van der Waals surface area contributed by atoms with E-state index in [1.807, 2.05) is 38.1 Å². The number of anilines is 1. The minimum Gasteiger partial charge on any atom is -0.352 e. The fraction of sp³-hybridized carbons (Fsp3) is 0.579. The number of hydrogen-bond donors (Lipinski definition) is 2. The fourth-order valence-electron chi connectivity index (χ4n) is 3.15. The number of carbonyl (C=O) groups is 2. The van der Waals surface area contributed by atoms with E-state index in [0.717, 1.165) is 50.3 Å². The number of piperazine rings is 1. The number of hydrogen-bond acceptors (Lipinski definition) is 4. The van der Waals surface area contributed by atoms with Crippen LogP contribution in [0.25, 0.3) is 0 Å². The molecule has 1 aromatic carbocycles. The van der Waals surface area contributed by atoms with Crippen LogP contribution >= 0.6 is 0 Å². The Bertz CT molecular complexity index is 622. The van der Waals surface area contributed by atoms with E-state index in [1.165, 1.54) is 0 Å². The van der Waals surface area contributed by atoms with Crippen molar-refractivity contribution in [2.75, 3.05) is 38.0 Å². The molecule has 1 atom stereocenters. The van der Waals surface area contributed by atoms with Crippen molar-refractivity contribution in [1.82, 2.24) is 15.1 Å². The minimum absolute atomic E-state index is 0.0190. The van der Waals surface area contributed by atoms with Gasteiger partial charge in [-0.2, -0.15) is 0 Å². The maximum Gasteiger partial charge on any atom is 0.241 e. The van der Waals surface area contributed by atoms with Gasteiger partial charge in [-0.05, 0) is 44.4 Å². The first-order chi connectivity index (χ1) is 12.0. The molecule has 25 heavy (non-hydrogen) atoms. The van der Waals surface area contributed by atoms with Crippen LogP contribution in [0.4, 0.5) is 5.69 Å². The van der Waals surface area contributed by atoms with Crippen molar-refractivity contribution in [3.8, 4) is 0 Å². The van der Waals surface area contributed by atoms with E-state index in [1.54, 1.807) is 0 Å². The van der Waals surface area contributed by atoms with Gasteiger partial charge in [-0.3, -0.25) is 19.4 Å². The summed E-state index contributed by atoms with van der Waals surface area (Å²) in [5.74, 6) is 0.145. The Morgan fingerprint density at radius 3 is 2.56 bits per heavy atom. The molecular weight excluding hydrogens is 316 g/mol. The van der Waals surface area contributed by atoms with E-state index >= 15 is 0 Å². The van der Waals surface area contributed by atoms with Crippen molar-refractivity contribution in [3.05, 3.63) is 29.8 Å². The second-order valence-corrected chi connectivity index (χ2v) is 7.19. The molecule has 1 aromatic rings. The molecule has 1 aliphatic heterocycles. The first kappa shape index (κ1) is 17.9. The predicted molar refractivity (Wildman–Crippen MR) is 98.4 cm³/mol. The standard InChI is InChI=1S/C19H28N4O2/c1-14-4-3-5-17(12-14)21-19(25)15(2)23-10-8-22(9-11-23)13-18(24)20-16-6-7-16/h3-5,12,15-16H,6-11,13H2,1-2H3,(H,20,24)(H,21,25)/t15-/m0/s1. The molecule has 6 nitrogen and oxygen atoms in total. The van der Waals surface area contributed by atoms with Gasteiger partial charge < -0.3 is 10.6 Å². The Labute approximate surface area is 149 Å². The van der Waals surface area contributed by atoms with Crippen molar-refractivity contribution in [1.29, 1.82) is 0 Å². The van der Waals surface area contributed by atoms with Gasteiger partial charge in [-0.25, -0.2) is 0 Å². The molecule has 2 amide bonds. The van der Waals surface area contributed by atoms with Crippen molar-refractivity contribution >= 4 is 17.5 Å². The zero-order valence-corrected chi connectivity index (χ0v) is 15.1. The number of rotatable bonds is 6. The summed E-state index contributed by atoms with van der Waals surface area (Å²) < 4.78 is 0. The first-order valence-electron chi connectivity index (χ1n) is 9.14. The molecule has 1 saturated heterocycles. The van der Waals surface area contributed by atoms with Gasteiger partial charge >= 0.3 is 0 Å². The van der Waals surface area contributed by atoms with E-state index in [9.17, 15) is 9.59 Å². The molecule has 0 radical (unpaired) electrons. The Morgan fingerprint density at radius 2 is 1.92 bits per heavy atom. The minimum atomic E-state index is -0.178. The molecular formula is C19H28N4O2. The van der Waals surface area contributed by atoms with Crippen LogP contribution in [-0.2, 0) is 9.59 Å². The van der Waals surface area contributed by atoms with Crippen LogP contribution in [0, 0.1) is 6.92 Å². The van der Waals surface area contributed by atoms with E-state index in [2.05, 4.69) is 20.4 Å². The number of nitrogens with one attached hydrogen (secondary N) is 2. The van der Waals surface area contributed by atoms with Gasteiger partial charge in [-0.1, -0.05) is 12.1 Å². The summed E-state index contributed by atoms with van der Waals surface area (Å²) >= 11 is 0. The van der Waals surface area contributed by atoms with Crippen LogP contribution in [0.2, 0.25) is 0 Å². The highest BCUT2D eigenvalue weighted by molar-refractivity contribution is 5.94. The third-order valence-corrected chi connectivity index (χ3v) is 4.93. The summed E-state index contributed by atoms with van der Waals surface area (Å²) in [6, 6.07) is 8.08. The van der Waals surface area contributed by atoms with Crippen LogP contribution in [-0.4, -0.2) is 66.4 Å². The highest BCUT2D eigenvalue weighted by Crippen LogP contribution is 2.18. The number of aryl methyl sites for hydroxylation is 1. The van der Waals surface area contributed by atoms with E-state index in [0.29, 0.717) is 12.6 Å². The van der Waals surface area contributed by atoms with Crippen molar-refractivity contribution in [2.24, 2.45) is 0 Å². The van der Waals surface area contributed by atoms with Gasteiger partial charge in [0.1, 0.15) is 0 Å². The second kappa shape index (κ2) is 7.97. The summed E-state index contributed by atoms with van der Waals surface area (Å²) in [7, 11) is 0. The maximum atomic E-state index is 12.5. The predicted octanol–water partition coefficient (Wildman–Crippen LogP) is 1.22. The van der Waals surface area contributed by atoms with Gasteiger partial charge in [-0.15, -0.1) is 0 Å². The molecule has 0 unspecified atom stereocenters. The molecule has 2 N–H and O–H groups in total. The third kappa shape index (κ3) is 5.28. The van der Waals surface area contributed by atoms with Crippen LogP contribution < -0.4 is 10.6 Å². The molecule has 1 aliphatic carbocycles. The van der Waals surface area contributed by atoms with E-state index < -0.39 is 0 Å². The molecule has 1 heterocycles. The van der Waals surface area contributed by atoms with Crippen LogP contribution in [0.1, 0.15) is 25.3 Å². The monoisotopic (exact) mass is 344 g/mol. The Kier molecular flexibility index (Phi) is 5.71. The lowest BCUT2D eigenvalue weighted by molar-refractivity contribution is -0.124. The van der Waals surface area contributed by atoms with Gasteiger partial charge in [0.25, 0.3) is 0 Å². The molecule has 6 heteroatoms. The largest absolute Gasteiger partial charge is 0.352 e. The maximum absolute atomic E-state index is 12.5. The molecule has 0 spiro atoms. The van der Waals surface area contributed by atoms with Gasteiger partial charge in [0, 0.05) is 37.9 Å². The topological polar surface area (TPSA) is 64.7 Å². The van der Waals surface area contributed by atoms with Gasteiger partial charge in [0.2, 0.25) is 11.8 Å². The summed E-state index contributed by atoms with van der Waals surface area (Å²) in [6.07, 6.45) is 2.24. The fourth-order valence-corrected chi connectivity index (χ4v) is 3.15. The highest BCUT2D eigenvalue weighted by Gasteiger charge is 2.28. The number of benzene rings is 1. The van der Waals surface area contributed by atoms with Crippen molar-refractivity contribution < 1.29 is 9.59 Å². The molecule has 136 valence electrons. The number of nitrogens with zero attached hydrogens (tertiary/aromatic N) is 2. The Morgan fingerprint density at radius 1 is 1.20 bits per heavy atom. The third-order valence-electron chi connectivity index (χ3n) is 4.93. The molecule has 3 rings (SSSR count). The Hall–Kier alpha value is -1.92. The first-order valence-corrected chi connectivity index (χ1v) is 9.14. The molecule has 0 bridgehead atoms. The van der Waals surface area contributed by atoms with E-state index in [4.69, 9.17) is 0 Å². The number of amides is 2. The summed E-state index contributed by atoms with van der Waals surface area (Å²) in [5.41, 5.74) is 1.97. The second-order valence-electron chi connectivity index (χ2n) is 7.19. The average Bonchev–Trinajstić information content (AvgIpc) is 3.38. The summed E-state index contributed by atoms with van der Waals surface area (Å²) in [6.45, 7) is 7.67. The smallest absolute Gasteiger partial charge is 0.241 e. The number of carbonyl (C=O) groups excluding carboxylic acids is 2. The van der Waals surface area contributed by atoms with Gasteiger partial charge in [0.05, 0.1) is 12.6 Å². The summed E-state index contributed by atoms with van der Waals surface area (Å²) in [4.78, 5) is 28.7.